The number of carbonyl (C=O) groups is 1. The number of H-pyrrole nitrogens is 1. The maximum absolute atomic E-state index is 12.3. The van der Waals surface area contributed by atoms with Crippen molar-refractivity contribution in [2.75, 3.05) is 20.8 Å². The molecule has 0 saturated heterocycles. The number of hydrogen-bond acceptors (Lipinski definition) is 4. The van der Waals surface area contributed by atoms with Gasteiger partial charge in [-0.1, -0.05) is 12.1 Å². The van der Waals surface area contributed by atoms with Crippen LogP contribution in [0.15, 0.2) is 53.3 Å². The summed E-state index contributed by atoms with van der Waals surface area (Å²) in [6, 6.07) is 15.3. The lowest BCUT2D eigenvalue weighted by Gasteiger charge is -2.07. The van der Waals surface area contributed by atoms with E-state index in [2.05, 4.69) is 10.3 Å². The quantitative estimate of drug-likeness (QED) is 0.546. The van der Waals surface area contributed by atoms with Gasteiger partial charge in [0.1, 0.15) is 11.5 Å². The van der Waals surface area contributed by atoms with Gasteiger partial charge in [-0.15, -0.1) is 0 Å². The van der Waals surface area contributed by atoms with Crippen LogP contribution in [0.3, 0.4) is 0 Å². The standard InChI is InChI=1S/C23H26N2O4/c1-28-19-9-5-16(6-10-19)4-3-13-24-22(26)12-8-18-14-17-7-11-20(29-2)15-21(17)25-23(18)27/h5-7,9-11,14-15H,3-4,8,12-13H2,1-2H3,(H,24,26)(H,25,27). The molecule has 0 fully saturated rings. The van der Waals surface area contributed by atoms with Gasteiger partial charge < -0.3 is 19.8 Å². The highest BCUT2D eigenvalue weighted by atomic mass is 16.5. The molecule has 0 aliphatic carbocycles. The van der Waals surface area contributed by atoms with Crippen LogP contribution in [0.4, 0.5) is 0 Å². The summed E-state index contributed by atoms with van der Waals surface area (Å²) in [4.78, 5) is 27.2. The zero-order valence-electron chi connectivity index (χ0n) is 16.8. The van der Waals surface area contributed by atoms with Crippen LogP contribution in [0, 0.1) is 0 Å². The highest BCUT2D eigenvalue weighted by Crippen LogP contribution is 2.18. The Kier molecular flexibility index (Phi) is 6.89. The lowest BCUT2D eigenvalue weighted by molar-refractivity contribution is -0.121. The predicted molar refractivity (Wildman–Crippen MR) is 114 cm³/mol. The number of methoxy groups -OCH3 is 2. The summed E-state index contributed by atoms with van der Waals surface area (Å²) in [5, 5.41) is 3.84. The second-order valence-corrected chi connectivity index (χ2v) is 6.88. The molecular formula is C23H26N2O4. The van der Waals surface area contributed by atoms with Crippen LogP contribution in [0.2, 0.25) is 0 Å². The molecule has 2 N–H and O–H groups in total. The Hall–Kier alpha value is -3.28. The van der Waals surface area contributed by atoms with Crippen molar-refractivity contribution in [3.8, 4) is 11.5 Å². The average Bonchev–Trinajstić information content (AvgIpc) is 2.75. The molecule has 3 rings (SSSR count). The van der Waals surface area contributed by atoms with E-state index in [0.717, 1.165) is 29.5 Å². The fourth-order valence-electron chi connectivity index (χ4n) is 3.19. The largest absolute Gasteiger partial charge is 0.497 e. The molecule has 1 aromatic heterocycles. The molecule has 29 heavy (non-hydrogen) atoms. The molecule has 3 aromatic rings. The van der Waals surface area contributed by atoms with E-state index in [9.17, 15) is 9.59 Å². The first-order valence-corrected chi connectivity index (χ1v) is 9.68. The van der Waals surface area contributed by atoms with Gasteiger partial charge in [0.2, 0.25) is 5.91 Å². The Labute approximate surface area is 169 Å². The van der Waals surface area contributed by atoms with E-state index in [4.69, 9.17) is 9.47 Å². The van der Waals surface area contributed by atoms with Crippen LogP contribution < -0.4 is 20.3 Å². The average molecular weight is 394 g/mol. The summed E-state index contributed by atoms with van der Waals surface area (Å²) in [5.41, 5.74) is 2.37. The van der Waals surface area contributed by atoms with E-state index >= 15 is 0 Å². The van der Waals surface area contributed by atoms with Crippen molar-refractivity contribution in [3.05, 3.63) is 70.0 Å². The number of amides is 1. The summed E-state index contributed by atoms with van der Waals surface area (Å²) in [7, 11) is 3.23. The lowest BCUT2D eigenvalue weighted by Crippen LogP contribution is -2.26. The Morgan fingerprint density at radius 2 is 1.69 bits per heavy atom. The van der Waals surface area contributed by atoms with E-state index in [-0.39, 0.29) is 17.9 Å². The molecule has 0 radical (unpaired) electrons. The van der Waals surface area contributed by atoms with Crippen LogP contribution in [0.5, 0.6) is 11.5 Å². The number of ether oxygens (including phenoxy) is 2. The van der Waals surface area contributed by atoms with E-state index < -0.39 is 0 Å². The van der Waals surface area contributed by atoms with E-state index in [1.165, 1.54) is 5.56 Å². The number of nitrogens with one attached hydrogen (secondary N) is 2. The number of carbonyl (C=O) groups excluding carboxylic acids is 1. The number of hydrogen-bond donors (Lipinski definition) is 2. The van der Waals surface area contributed by atoms with Gasteiger partial charge in [-0.05, 0) is 60.5 Å². The molecule has 0 bridgehead atoms. The van der Waals surface area contributed by atoms with Crippen molar-refractivity contribution in [1.29, 1.82) is 0 Å². The lowest BCUT2D eigenvalue weighted by atomic mass is 10.1. The first-order chi connectivity index (χ1) is 14.1. The number of aromatic nitrogens is 1. The Morgan fingerprint density at radius 1 is 0.966 bits per heavy atom. The fraction of sp³-hybridized carbons (Fsp3) is 0.304. The number of aromatic amines is 1. The maximum Gasteiger partial charge on any atom is 0.251 e. The number of fused-ring (bicyclic) bond motifs is 1. The Morgan fingerprint density at radius 3 is 2.41 bits per heavy atom. The van der Waals surface area contributed by atoms with E-state index in [0.29, 0.717) is 24.3 Å². The van der Waals surface area contributed by atoms with Gasteiger partial charge in [0.15, 0.2) is 0 Å². The van der Waals surface area contributed by atoms with Gasteiger partial charge in [-0.2, -0.15) is 0 Å². The van der Waals surface area contributed by atoms with Crippen molar-refractivity contribution < 1.29 is 14.3 Å². The van der Waals surface area contributed by atoms with Crippen LogP contribution in [-0.2, 0) is 17.6 Å². The Bertz CT molecular complexity index is 1030. The topological polar surface area (TPSA) is 80.4 Å². The highest BCUT2D eigenvalue weighted by molar-refractivity contribution is 5.81. The van der Waals surface area contributed by atoms with Crippen molar-refractivity contribution in [3.63, 3.8) is 0 Å². The third kappa shape index (κ3) is 5.60. The molecule has 0 saturated carbocycles. The minimum absolute atomic E-state index is 0.0473. The van der Waals surface area contributed by atoms with Gasteiger partial charge in [0.25, 0.3) is 5.56 Å². The smallest absolute Gasteiger partial charge is 0.251 e. The molecule has 0 aliphatic rings. The number of pyridine rings is 1. The van der Waals surface area contributed by atoms with Gasteiger partial charge in [-0.25, -0.2) is 0 Å². The summed E-state index contributed by atoms with van der Waals surface area (Å²) >= 11 is 0. The van der Waals surface area contributed by atoms with Crippen molar-refractivity contribution in [2.45, 2.75) is 25.7 Å². The summed E-state index contributed by atoms with van der Waals surface area (Å²) < 4.78 is 10.3. The normalized spacial score (nSPS) is 10.7. The minimum atomic E-state index is -0.168. The molecule has 0 spiro atoms. The monoisotopic (exact) mass is 394 g/mol. The van der Waals surface area contributed by atoms with Gasteiger partial charge in [0, 0.05) is 24.6 Å². The van der Waals surface area contributed by atoms with Crippen LogP contribution in [-0.4, -0.2) is 31.7 Å². The van der Waals surface area contributed by atoms with Gasteiger partial charge in [0.05, 0.1) is 19.7 Å². The predicted octanol–water partition coefficient (Wildman–Crippen LogP) is 3.23. The molecule has 152 valence electrons. The van der Waals surface area contributed by atoms with Crippen LogP contribution in [0.1, 0.15) is 24.0 Å². The molecule has 1 amide bonds. The van der Waals surface area contributed by atoms with Crippen molar-refractivity contribution >= 4 is 16.8 Å². The minimum Gasteiger partial charge on any atom is -0.497 e. The van der Waals surface area contributed by atoms with Gasteiger partial charge in [-0.3, -0.25) is 9.59 Å². The van der Waals surface area contributed by atoms with E-state index in [1.54, 1.807) is 20.3 Å². The van der Waals surface area contributed by atoms with Crippen molar-refractivity contribution in [1.82, 2.24) is 10.3 Å². The number of benzene rings is 2. The third-order valence-corrected chi connectivity index (χ3v) is 4.87. The second-order valence-electron chi connectivity index (χ2n) is 6.88. The van der Waals surface area contributed by atoms with Gasteiger partial charge >= 0.3 is 0 Å². The van der Waals surface area contributed by atoms with Crippen LogP contribution in [0.25, 0.3) is 10.9 Å². The highest BCUT2D eigenvalue weighted by Gasteiger charge is 2.07. The second kappa shape index (κ2) is 9.78. The van der Waals surface area contributed by atoms with Crippen molar-refractivity contribution in [2.24, 2.45) is 0 Å². The molecule has 1 heterocycles. The van der Waals surface area contributed by atoms with E-state index in [1.807, 2.05) is 42.5 Å². The van der Waals surface area contributed by atoms with Crippen LogP contribution >= 0.6 is 0 Å². The summed E-state index contributed by atoms with van der Waals surface area (Å²) in [5.74, 6) is 1.48. The fourth-order valence-corrected chi connectivity index (χ4v) is 3.19. The first-order valence-electron chi connectivity index (χ1n) is 9.68. The summed E-state index contributed by atoms with van der Waals surface area (Å²) in [6.45, 7) is 0.610. The molecule has 0 aliphatic heterocycles. The zero-order chi connectivity index (χ0) is 20.6. The SMILES string of the molecule is COc1ccc(CCCNC(=O)CCc2cc3ccc(OC)cc3[nH]c2=O)cc1. The maximum atomic E-state index is 12.3. The first kappa shape index (κ1) is 20.5. The summed E-state index contributed by atoms with van der Waals surface area (Å²) in [6.07, 6.45) is 2.43. The molecule has 6 heteroatoms. The zero-order valence-corrected chi connectivity index (χ0v) is 16.8. The Balaban J connectivity index is 1.46. The molecule has 6 nitrogen and oxygen atoms in total. The molecule has 2 aromatic carbocycles. The number of aryl methyl sites for hydroxylation is 2. The molecule has 0 unspecified atom stereocenters. The number of rotatable bonds is 9. The molecular weight excluding hydrogens is 368 g/mol. The third-order valence-electron chi connectivity index (χ3n) is 4.87. The molecule has 0 atom stereocenters.